The predicted molar refractivity (Wildman–Crippen MR) is 69.2 cm³/mol. The number of hydrogen-bond donors (Lipinski definition) is 2. The molecule has 98 valence electrons. The lowest BCUT2D eigenvalue weighted by molar-refractivity contribution is -0.119. The van der Waals surface area contributed by atoms with Gasteiger partial charge in [0.1, 0.15) is 12.0 Å². The SMILES string of the molecule is NC(=O)C(CCCCCC=O)c1ccccc1O. The van der Waals surface area contributed by atoms with Crippen LogP contribution >= 0.6 is 0 Å². The number of aromatic hydroxyl groups is 1. The van der Waals surface area contributed by atoms with Crippen LogP contribution < -0.4 is 5.73 Å². The molecule has 0 aliphatic carbocycles. The average Bonchev–Trinajstić information content (AvgIpc) is 2.35. The van der Waals surface area contributed by atoms with Crippen LogP contribution in [0.2, 0.25) is 0 Å². The van der Waals surface area contributed by atoms with E-state index < -0.39 is 11.8 Å². The van der Waals surface area contributed by atoms with Gasteiger partial charge >= 0.3 is 0 Å². The molecule has 0 fully saturated rings. The van der Waals surface area contributed by atoms with Crippen LogP contribution in [0.5, 0.6) is 5.75 Å². The van der Waals surface area contributed by atoms with Crippen LogP contribution in [0.25, 0.3) is 0 Å². The Morgan fingerprint density at radius 1 is 1.28 bits per heavy atom. The molecule has 3 N–H and O–H groups in total. The zero-order valence-electron chi connectivity index (χ0n) is 10.3. The summed E-state index contributed by atoms with van der Waals surface area (Å²) in [6.45, 7) is 0. The van der Waals surface area contributed by atoms with E-state index in [0.717, 1.165) is 25.5 Å². The van der Waals surface area contributed by atoms with Crippen molar-refractivity contribution in [2.75, 3.05) is 0 Å². The molecule has 0 saturated heterocycles. The Morgan fingerprint density at radius 3 is 2.61 bits per heavy atom. The molecule has 1 amide bonds. The normalized spacial score (nSPS) is 12.0. The van der Waals surface area contributed by atoms with Crippen molar-refractivity contribution in [2.24, 2.45) is 5.73 Å². The van der Waals surface area contributed by atoms with Crippen molar-refractivity contribution >= 4 is 12.2 Å². The number of nitrogens with two attached hydrogens (primary N) is 1. The zero-order valence-corrected chi connectivity index (χ0v) is 10.3. The number of aldehydes is 1. The molecule has 0 spiro atoms. The zero-order chi connectivity index (χ0) is 13.4. The minimum Gasteiger partial charge on any atom is -0.508 e. The van der Waals surface area contributed by atoms with Crippen LogP contribution in [0.3, 0.4) is 0 Å². The van der Waals surface area contributed by atoms with E-state index in [9.17, 15) is 14.7 Å². The van der Waals surface area contributed by atoms with E-state index in [1.807, 2.05) is 0 Å². The van der Waals surface area contributed by atoms with Gasteiger partial charge in [0, 0.05) is 12.0 Å². The molecule has 18 heavy (non-hydrogen) atoms. The molecule has 0 saturated carbocycles. The molecule has 1 aromatic rings. The quantitative estimate of drug-likeness (QED) is 0.547. The van der Waals surface area contributed by atoms with Crippen LogP contribution in [-0.2, 0) is 9.59 Å². The molecule has 1 unspecified atom stereocenters. The highest BCUT2D eigenvalue weighted by atomic mass is 16.3. The first kappa shape index (κ1) is 14.2. The molecular formula is C14H19NO3. The minimum atomic E-state index is -0.456. The molecule has 0 bridgehead atoms. The largest absolute Gasteiger partial charge is 0.508 e. The van der Waals surface area contributed by atoms with E-state index in [1.165, 1.54) is 0 Å². The molecule has 0 radical (unpaired) electrons. The maximum Gasteiger partial charge on any atom is 0.225 e. The van der Waals surface area contributed by atoms with Crippen LogP contribution in [-0.4, -0.2) is 17.3 Å². The van der Waals surface area contributed by atoms with E-state index in [4.69, 9.17) is 5.73 Å². The summed E-state index contributed by atoms with van der Waals surface area (Å²) < 4.78 is 0. The van der Waals surface area contributed by atoms with Gasteiger partial charge in [0.05, 0.1) is 5.92 Å². The first-order valence-electron chi connectivity index (χ1n) is 6.17. The number of carbonyl (C=O) groups excluding carboxylic acids is 2. The van der Waals surface area contributed by atoms with Gasteiger partial charge in [-0.15, -0.1) is 0 Å². The Labute approximate surface area is 107 Å². The van der Waals surface area contributed by atoms with Crippen LogP contribution in [0.1, 0.15) is 43.6 Å². The second-order valence-electron chi connectivity index (χ2n) is 4.32. The summed E-state index contributed by atoms with van der Waals surface area (Å²) >= 11 is 0. The molecule has 4 heteroatoms. The number of amides is 1. The molecule has 1 aromatic carbocycles. The molecule has 0 aliphatic heterocycles. The topological polar surface area (TPSA) is 80.4 Å². The van der Waals surface area contributed by atoms with E-state index in [1.54, 1.807) is 24.3 Å². The minimum absolute atomic E-state index is 0.106. The smallest absolute Gasteiger partial charge is 0.225 e. The van der Waals surface area contributed by atoms with Gasteiger partial charge in [0.2, 0.25) is 5.91 Å². The highest BCUT2D eigenvalue weighted by Crippen LogP contribution is 2.29. The third-order valence-corrected chi connectivity index (χ3v) is 2.97. The fourth-order valence-corrected chi connectivity index (χ4v) is 1.99. The molecule has 0 aromatic heterocycles. The van der Waals surface area contributed by atoms with Gasteiger partial charge in [-0.1, -0.05) is 31.0 Å². The lowest BCUT2D eigenvalue weighted by Gasteiger charge is -2.14. The summed E-state index contributed by atoms with van der Waals surface area (Å²) in [6, 6.07) is 6.76. The van der Waals surface area contributed by atoms with Crippen molar-refractivity contribution in [1.29, 1.82) is 0 Å². The third-order valence-electron chi connectivity index (χ3n) is 2.97. The molecule has 0 aliphatic rings. The number of rotatable bonds is 8. The maximum absolute atomic E-state index is 11.4. The van der Waals surface area contributed by atoms with Crippen molar-refractivity contribution in [3.8, 4) is 5.75 Å². The van der Waals surface area contributed by atoms with Crippen molar-refractivity contribution < 1.29 is 14.7 Å². The first-order chi connectivity index (χ1) is 8.66. The summed E-state index contributed by atoms with van der Waals surface area (Å²) in [4.78, 5) is 21.6. The fraction of sp³-hybridized carbons (Fsp3) is 0.429. The number of carbonyl (C=O) groups is 2. The Kier molecular flexibility index (Phi) is 5.91. The summed E-state index contributed by atoms with van der Waals surface area (Å²) in [7, 11) is 0. The van der Waals surface area contributed by atoms with Crippen LogP contribution in [0.4, 0.5) is 0 Å². The molecule has 1 rings (SSSR count). The van der Waals surface area contributed by atoms with E-state index in [-0.39, 0.29) is 5.75 Å². The number of phenolic OH excluding ortho intramolecular Hbond substituents is 1. The average molecular weight is 249 g/mol. The van der Waals surface area contributed by atoms with Gasteiger partial charge in [-0.25, -0.2) is 0 Å². The number of primary amides is 1. The van der Waals surface area contributed by atoms with Gasteiger partial charge < -0.3 is 15.6 Å². The molecular weight excluding hydrogens is 230 g/mol. The highest BCUT2D eigenvalue weighted by molar-refractivity contribution is 5.82. The molecule has 4 nitrogen and oxygen atoms in total. The van der Waals surface area contributed by atoms with E-state index in [0.29, 0.717) is 18.4 Å². The number of unbranched alkanes of at least 4 members (excludes halogenated alkanes) is 3. The Morgan fingerprint density at radius 2 is 2.00 bits per heavy atom. The van der Waals surface area contributed by atoms with Crippen molar-refractivity contribution in [2.45, 2.75) is 38.0 Å². The lowest BCUT2D eigenvalue weighted by Crippen LogP contribution is -2.21. The van der Waals surface area contributed by atoms with Gasteiger partial charge in [0.15, 0.2) is 0 Å². The molecule has 1 atom stereocenters. The van der Waals surface area contributed by atoms with E-state index in [2.05, 4.69) is 0 Å². The van der Waals surface area contributed by atoms with Crippen LogP contribution in [0, 0.1) is 0 Å². The second kappa shape index (κ2) is 7.48. The fourth-order valence-electron chi connectivity index (χ4n) is 1.99. The monoisotopic (exact) mass is 249 g/mol. The second-order valence-corrected chi connectivity index (χ2v) is 4.32. The van der Waals surface area contributed by atoms with Crippen LogP contribution in [0.15, 0.2) is 24.3 Å². The summed E-state index contributed by atoms with van der Waals surface area (Å²) in [5, 5.41) is 9.72. The maximum atomic E-state index is 11.4. The number of para-hydroxylation sites is 1. The summed E-state index contributed by atoms with van der Waals surface area (Å²) in [5.74, 6) is -0.775. The first-order valence-corrected chi connectivity index (χ1v) is 6.17. The Hall–Kier alpha value is -1.84. The van der Waals surface area contributed by atoms with Gasteiger partial charge in [-0.05, 0) is 18.9 Å². The summed E-state index contributed by atoms with van der Waals surface area (Å²) in [5.41, 5.74) is 5.96. The van der Waals surface area contributed by atoms with E-state index >= 15 is 0 Å². The number of hydrogen-bond acceptors (Lipinski definition) is 3. The van der Waals surface area contributed by atoms with Crippen molar-refractivity contribution in [3.05, 3.63) is 29.8 Å². The third kappa shape index (κ3) is 4.20. The van der Waals surface area contributed by atoms with Gasteiger partial charge in [-0.2, -0.15) is 0 Å². The number of phenols is 1. The highest BCUT2D eigenvalue weighted by Gasteiger charge is 2.20. The standard InChI is InChI=1S/C14H19NO3/c15-14(18)12(8-3-1-2-6-10-16)11-7-4-5-9-13(11)17/h4-5,7,9-10,12,17H,1-3,6,8H2,(H2,15,18). The van der Waals surface area contributed by atoms with Crippen molar-refractivity contribution in [3.63, 3.8) is 0 Å². The summed E-state index contributed by atoms with van der Waals surface area (Å²) in [6.07, 6.45) is 4.58. The lowest BCUT2D eigenvalue weighted by atomic mass is 9.92. The van der Waals surface area contributed by atoms with Gasteiger partial charge in [-0.3, -0.25) is 4.79 Å². The Balaban J connectivity index is 2.58. The molecule has 0 heterocycles. The number of benzene rings is 1. The predicted octanol–water partition coefficient (Wildman–Crippen LogP) is 2.11. The van der Waals surface area contributed by atoms with Gasteiger partial charge in [0.25, 0.3) is 0 Å². The Bertz CT molecular complexity index is 404. The van der Waals surface area contributed by atoms with Crippen molar-refractivity contribution in [1.82, 2.24) is 0 Å².